The van der Waals surface area contributed by atoms with Crippen molar-refractivity contribution in [2.24, 2.45) is 4.99 Å². The van der Waals surface area contributed by atoms with Crippen LogP contribution in [0.25, 0.3) is 28.2 Å². The highest BCUT2D eigenvalue weighted by Gasteiger charge is 2.36. The summed E-state index contributed by atoms with van der Waals surface area (Å²) in [6.45, 7) is 6.75. The van der Waals surface area contributed by atoms with Gasteiger partial charge < -0.3 is 14.1 Å². The van der Waals surface area contributed by atoms with E-state index < -0.39 is 6.04 Å². The summed E-state index contributed by atoms with van der Waals surface area (Å²) in [5, 5.41) is 2.74. The lowest BCUT2D eigenvalue weighted by atomic mass is 9.90. The molecule has 1 aliphatic rings. The standard InChI is InChI=1S/C34H29Cl2N3O4S/c1-5-38(6-2)33(41)29-19(3)37-34-39(31(29)30-23-10-8-7-9-20(23)12-15-27(30)42-4)32(40)28(44-34)18-22-13-16-26(43-22)21-11-14-24(35)25(36)17-21/h7-18,31H,5-6H2,1-4H3/b28-18+/t31-/m0/s1. The van der Waals surface area contributed by atoms with Gasteiger partial charge >= 0.3 is 0 Å². The highest BCUT2D eigenvalue weighted by atomic mass is 35.5. The summed E-state index contributed by atoms with van der Waals surface area (Å²) < 4.78 is 14.0. The van der Waals surface area contributed by atoms with E-state index in [2.05, 4.69) is 0 Å². The number of nitrogens with zero attached hydrogens (tertiary/aromatic N) is 3. The third-order valence-corrected chi connectivity index (χ3v) is 9.55. The van der Waals surface area contributed by atoms with Crippen LogP contribution >= 0.6 is 34.5 Å². The number of allylic oxidation sites excluding steroid dienone is 1. The van der Waals surface area contributed by atoms with Gasteiger partial charge in [0.2, 0.25) is 0 Å². The lowest BCUT2D eigenvalue weighted by molar-refractivity contribution is -0.127. The number of rotatable bonds is 7. The van der Waals surface area contributed by atoms with Gasteiger partial charge in [0.05, 0.1) is 33.0 Å². The molecule has 0 aliphatic carbocycles. The van der Waals surface area contributed by atoms with Crippen LogP contribution in [0.4, 0.5) is 0 Å². The number of benzene rings is 3. The van der Waals surface area contributed by atoms with E-state index in [9.17, 15) is 9.59 Å². The number of thiazole rings is 1. The maximum absolute atomic E-state index is 14.3. The molecule has 1 aliphatic heterocycles. The first-order valence-corrected chi connectivity index (χ1v) is 15.8. The molecule has 0 saturated heterocycles. The van der Waals surface area contributed by atoms with Crippen LogP contribution in [0.2, 0.25) is 10.0 Å². The van der Waals surface area contributed by atoms with Crippen molar-refractivity contribution in [2.75, 3.05) is 20.2 Å². The summed E-state index contributed by atoms with van der Waals surface area (Å²) in [5.74, 6) is 1.50. The van der Waals surface area contributed by atoms with E-state index in [0.29, 0.717) is 61.0 Å². The Labute approximate surface area is 267 Å². The molecule has 2 aromatic heterocycles. The van der Waals surface area contributed by atoms with Crippen molar-refractivity contribution in [3.8, 4) is 17.1 Å². The van der Waals surface area contributed by atoms with E-state index >= 15 is 0 Å². The molecule has 224 valence electrons. The van der Waals surface area contributed by atoms with Gasteiger partial charge in [0, 0.05) is 30.3 Å². The average Bonchev–Trinajstić information content (AvgIpc) is 3.61. The van der Waals surface area contributed by atoms with Gasteiger partial charge in [-0.1, -0.05) is 64.9 Å². The van der Waals surface area contributed by atoms with Crippen LogP contribution in [0.1, 0.15) is 38.1 Å². The van der Waals surface area contributed by atoms with Gasteiger partial charge in [-0.25, -0.2) is 4.99 Å². The first-order chi connectivity index (χ1) is 21.2. The zero-order valence-electron chi connectivity index (χ0n) is 24.6. The van der Waals surface area contributed by atoms with Crippen molar-refractivity contribution in [1.29, 1.82) is 0 Å². The zero-order chi connectivity index (χ0) is 31.1. The van der Waals surface area contributed by atoms with Crippen molar-refractivity contribution < 1.29 is 13.9 Å². The zero-order valence-corrected chi connectivity index (χ0v) is 26.9. The largest absolute Gasteiger partial charge is 0.496 e. The van der Waals surface area contributed by atoms with Crippen LogP contribution < -0.4 is 19.6 Å². The molecule has 0 bridgehead atoms. The third-order valence-electron chi connectivity index (χ3n) is 7.83. The molecule has 10 heteroatoms. The molecule has 1 atom stereocenters. The molecule has 0 fully saturated rings. The second kappa shape index (κ2) is 12.1. The first-order valence-electron chi connectivity index (χ1n) is 14.2. The fraction of sp³-hybridized carbons (Fsp3) is 0.206. The Morgan fingerprint density at radius 1 is 1.07 bits per heavy atom. The van der Waals surface area contributed by atoms with Crippen LogP contribution in [-0.2, 0) is 4.79 Å². The summed E-state index contributed by atoms with van der Waals surface area (Å²) in [4.78, 5) is 35.4. The van der Waals surface area contributed by atoms with Crippen molar-refractivity contribution >= 4 is 57.3 Å². The number of methoxy groups -OCH3 is 1. The molecule has 5 aromatic rings. The summed E-state index contributed by atoms with van der Waals surface area (Å²) in [6.07, 6.45) is 1.70. The number of carbonyl (C=O) groups is 1. The van der Waals surface area contributed by atoms with Gasteiger partial charge in [0.1, 0.15) is 23.3 Å². The van der Waals surface area contributed by atoms with E-state index in [1.54, 1.807) is 40.9 Å². The number of fused-ring (bicyclic) bond motifs is 2. The smallest absolute Gasteiger partial charge is 0.271 e. The fourth-order valence-electron chi connectivity index (χ4n) is 5.65. The summed E-state index contributed by atoms with van der Waals surface area (Å²) >= 11 is 13.5. The number of likely N-dealkylation sites (N-methyl/N-ethyl adjacent to an activating group) is 1. The van der Waals surface area contributed by atoms with E-state index in [-0.39, 0.29) is 11.5 Å². The fourth-order valence-corrected chi connectivity index (χ4v) is 6.97. The predicted molar refractivity (Wildman–Crippen MR) is 176 cm³/mol. The molecule has 6 rings (SSSR count). The number of amides is 1. The molecule has 3 heterocycles. The summed E-state index contributed by atoms with van der Waals surface area (Å²) in [7, 11) is 1.60. The van der Waals surface area contributed by atoms with Crippen molar-refractivity contribution in [2.45, 2.75) is 26.8 Å². The third kappa shape index (κ3) is 5.17. The Morgan fingerprint density at radius 2 is 1.84 bits per heavy atom. The quantitative estimate of drug-likeness (QED) is 0.194. The van der Waals surface area contributed by atoms with E-state index in [0.717, 1.165) is 21.9 Å². The number of carbonyl (C=O) groups excluding carboxylic acids is 1. The Bertz CT molecular complexity index is 2140. The van der Waals surface area contributed by atoms with Gasteiger partial charge in [-0.3, -0.25) is 14.2 Å². The lowest BCUT2D eigenvalue weighted by Crippen LogP contribution is -2.43. The van der Waals surface area contributed by atoms with Crippen molar-refractivity contribution in [1.82, 2.24) is 9.47 Å². The average molecular weight is 647 g/mol. The topological polar surface area (TPSA) is 77.0 Å². The van der Waals surface area contributed by atoms with Crippen LogP contribution in [0.3, 0.4) is 0 Å². The Hall–Kier alpha value is -4.11. The monoisotopic (exact) mass is 645 g/mol. The van der Waals surface area contributed by atoms with E-state index in [1.165, 1.54) is 11.3 Å². The lowest BCUT2D eigenvalue weighted by Gasteiger charge is -2.30. The Morgan fingerprint density at radius 3 is 2.57 bits per heavy atom. The minimum Gasteiger partial charge on any atom is -0.496 e. The number of ether oxygens (including phenoxy) is 1. The van der Waals surface area contributed by atoms with Gasteiger partial charge in [-0.2, -0.15) is 0 Å². The molecule has 0 saturated carbocycles. The predicted octanol–water partition coefficient (Wildman–Crippen LogP) is 6.83. The molecule has 0 spiro atoms. The number of hydrogen-bond acceptors (Lipinski definition) is 6. The van der Waals surface area contributed by atoms with Gasteiger partial charge in [-0.15, -0.1) is 0 Å². The van der Waals surface area contributed by atoms with Gasteiger partial charge in [0.25, 0.3) is 11.5 Å². The van der Waals surface area contributed by atoms with Crippen LogP contribution in [0.5, 0.6) is 5.75 Å². The molecule has 0 N–H and O–H groups in total. The number of furan rings is 1. The molecule has 1 amide bonds. The highest BCUT2D eigenvalue weighted by Crippen LogP contribution is 2.40. The molecule has 7 nitrogen and oxygen atoms in total. The maximum Gasteiger partial charge on any atom is 0.271 e. The number of hydrogen-bond donors (Lipinski definition) is 0. The normalized spacial score (nSPS) is 15.0. The van der Waals surface area contributed by atoms with Crippen LogP contribution in [-0.4, -0.2) is 35.6 Å². The van der Waals surface area contributed by atoms with Gasteiger partial charge in [-0.05, 0) is 67.9 Å². The van der Waals surface area contributed by atoms with Crippen LogP contribution in [0.15, 0.2) is 92.2 Å². The van der Waals surface area contributed by atoms with Crippen molar-refractivity contribution in [3.63, 3.8) is 0 Å². The maximum atomic E-state index is 14.3. The minimum atomic E-state index is -0.758. The second-order valence-electron chi connectivity index (χ2n) is 10.3. The highest BCUT2D eigenvalue weighted by molar-refractivity contribution is 7.07. The summed E-state index contributed by atoms with van der Waals surface area (Å²) in [6, 6.07) is 19.9. The van der Waals surface area contributed by atoms with Crippen LogP contribution in [0, 0.1) is 0 Å². The summed E-state index contributed by atoms with van der Waals surface area (Å²) in [5.41, 5.74) is 2.23. The second-order valence-corrected chi connectivity index (χ2v) is 12.1. The Kier molecular flexibility index (Phi) is 8.24. The molecule has 0 unspecified atom stereocenters. The number of halogens is 2. The van der Waals surface area contributed by atoms with Gasteiger partial charge in [0.15, 0.2) is 4.80 Å². The van der Waals surface area contributed by atoms with Crippen molar-refractivity contribution in [3.05, 3.63) is 119 Å². The Balaban J connectivity index is 1.57. The SMILES string of the molecule is CCN(CC)C(=O)C1=C(C)N=c2s/c(=C/c3ccc(-c4ccc(Cl)c(Cl)c4)o3)c(=O)n2[C@@H]1c1c(OC)ccc2ccccc12. The molecule has 44 heavy (non-hydrogen) atoms. The number of aromatic nitrogens is 1. The molecule has 0 radical (unpaired) electrons. The first kappa shape index (κ1) is 29.9. The van der Waals surface area contributed by atoms with E-state index in [4.69, 9.17) is 37.3 Å². The molecular weight excluding hydrogens is 617 g/mol. The molecule has 3 aromatic carbocycles. The minimum absolute atomic E-state index is 0.164. The molecular formula is C34H29Cl2N3O4S. The van der Waals surface area contributed by atoms with E-state index in [1.807, 2.05) is 69.3 Å².